The number of anilines is 2. The van der Waals surface area contributed by atoms with Crippen LogP contribution in [0.2, 0.25) is 0 Å². The van der Waals surface area contributed by atoms with Gasteiger partial charge >= 0.3 is 5.97 Å². The Hall–Kier alpha value is -2.30. The lowest BCUT2D eigenvalue weighted by Gasteiger charge is -2.34. The minimum atomic E-state index is -0.244. The largest absolute Gasteiger partial charge is 0.469 e. The maximum Gasteiger partial charge on any atom is 0.311 e. The number of benzene rings is 1. The van der Waals surface area contributed by atoms with Crippen LogP contribution in [0.25, 0.3) is 0 Å². The van der Waals surface area contributed by atoms with Gasteiger partial charge in [0.2, 0.25) is 0 Å². The van der Waals surface area contributed by atoms with Crippen LogP contribution in [-0.4, -0.2) is 25.8 Å². The first-order chi connectivity index (χ1) is 8.79. The van der Waals surface area contributed by atoms with Crippen LogP contribution < -0.4 is 10.2 Å². The number of nitrogens with one attached hydrogen (secondary N) is 1. The molecule has 0 aromatic heterocycles. The van der Waals surface area contributed by atoms with Crippen molar-refractivity contribution < 1.29 is 9.53 Å². The molecule has 1 N–H and O–H groups in total. The van der Waals surface area contributed by atoms with Crippen molar-refractivity contribution in [2.24, 2.45) is 4.99 Å². The molecule has 5 nitrogen and oxygen atoms in total. The number of para-hydroxylation sites is 1. The van der Waals surface area contributed by atoms with Gasteiger partial charge in [-0.05, 0) is 12.1 Å². The molecule has 0 saturated heterocycles. The highest BCUT2D eigenvalue weighted by Gasteiger charge is 2.25. The van der Waals surface area contributed by atoms with E-state index >= 15 is 0 Å². The van der Waals surface area contributed by atoms with E-state index in [1.54, 1.807) is 0 Å². The monoisotopic (exact) mass is 243 g/mol. The third kappa shape index (κ3) is 1.64. The van der Waals surface area contributed by atoms with Gasteiger partial charge in [-0.1, -0.05) is 6.07 Å². The summed E-state index contributed by atoms with van der Waals surface area (Å²) in [5, 5.41) is 3.20. The lowest BCUT2D eigenvalue weighted by molar-refractivity contribution is -0.139. The molecule has 5 heteroatoms. The van der Waals surface area contributed by atoms with Gasteiger partial charge in [-0.3, -0.25) is 9.79 Å². The minimum Gasteiger partial charge on any atom is -0.469 e. The molecule has 0 atom stereocenters. The molecular formula is C13H13N3O2. The molecule has 2 heterocycles. The van der Waals surface area contributed by atoms with Crippen LogP contribution >= 0.6 is 0 Å². The number of hydrogen-bond acceptors (Lipinski definition) is 5. The zero-order valence-corrected chi connectivity index (χ0v) is 10.0. The highest BCUT2D eigenvalue weighted by atomic mass is 16.5. The Morgan fingerprint density at radius 2 is 2.44 bits per heavy atom. The lowest BCUT2D eigenvalue weighted by Crippen LogP contribution is -2.31. The van der Waals surface area contributed by atoms with Crippen LogP contribution in [-0.2, 0) is 9.53 Å². The van der Waals surface area contributed by atoms with E-state index in [2.05, 4.69) is 15.2 Å². The Morgan fingerprint density at radius 3 is 3.28 bits per heavy atom. The van der Waals surface area contributed by atoms with E-state index in [4.69, 9.17) is 4.74 Å². The molecule has 0 aliphatic carbocycles. The molecular weight excluding hydrogens is 230 g/mol. The molecule has 1 aromatic carbocycles. The maximum atomic E-state index is 11.4. The molecule has 0 spiro atoms. The van der Waals surface area contributed by atoms with Crippen LogP contribution in [0.5, 0.6) is 0 Å². The van der Waals surface area contributed by atoms with Gasteiger partial charge in [0.25, 0.3) is 0 Å². The van der Waals surface area contributed by atoms with E-state index in [1.165, 1.54) is 7.11 Å². The number of aliphatic imine (C=N–C) groups is 1. The molecule has 92 valence electrons. The van der Waals surface area contributed by atoms with Gasteiger partial charge in [0, 0.05) is 18.1 Å². The zero-order chi connectivity index (χ0) is 12.5. The van der Waals surface area contributed by atoms with Gasteiger partial charge in [0.1, 0.15) is 0 Å². The first-order valence-electron chi connectivity index (χ1n) is 5.75. The highest BCUT2D eigenvalue weighted by molar-refractivity contribution is 5.93. The fourth-order valence-corrected chi connectivity index (χ4v) is 2.21. The van der Waals surface area contributed by atoms with Crippen LogP contribution in [0.3, 0.4) is 0 Å². The summed E-state index contributed by atoms with van der Waals surface area (Å²) in [5.74, 6) is -0.244. The van der Waals surface area contributed by atoms with E-state index < -0.39 is 0 Å². The van der Waals surface area contributed by atoms with E-state index in [0.29, 0.717) is 6.54 Å². The molecule has 0 unspecified atom stereocenters. The van der Waals surface area contributed by atoms with Crippen molar-refractivity contribution in [2.45, 2.75) is 6.42 Å². The van der Waals surface area contributed by atoms with Crippen molar-refractivity contribution in [1.29, 1.82) is 0 Å². The number of rotatable bonds is 2. The van der Waals surface area contributed by atoms with Crippen LogP contribution in [0.1, 0.15) is 6.42 Å². The lowest BCUT2D eigenvalue weighted by atomic mass is 10.1. The molecule has 1 aromatic rings. The van der Waals surface area contributed by atoms with Crippen molar-refractivity contribution in [3.63, 3.8) is 0 Å². The summed E-state index contributed by atoms with van der Waals surface area (Å²) < 4.78 is 4.71. The SMILES string of the molecule is COC(=O)CC1=CNc2cccc3c2N1CC=N3. The molecule has 0 amide bonds. The summed E-state index contributed by atoms with van der Waals surface area (Å²) in [5.41, 5.74) is 3.86. The summed E-state index contributed by atoms with van der Waals surface area (Å²) in [4.78, 5) is 17.9. The van der Waals surface area contributed by atoms with Crippen molar-refractivity contribution >= 4 is 29.2 Å². The standard InChI is InChI=1S/C13H13N3O2/c1-18-12(17)7-9-8-15-11-4-2-3-10-13(11)16(9)6-5-14-10/h2-5,8,15H,6-7H2,1H3. The van der Waals surface area contributed by atoms with Crippen molar-refractivity contribution in [3.05, 3.63) is 30.1 Å². The summed E-state index contributed by atoms with van der Waals surface area (Å²) in [6, 6.07) is 5.92. The Labute approximate surface area is 105 Å². The number of carbonyl (C=O) groups excluding carboxylic acids is 1. The molecule has 0 bridgehead atoms. The van der Waals surface area contributed by atoms with E-state index in [9.17, 15) is 4.79 Å². The first kappa shape index (κ1) is 10.8. The second-order valence-corrected chi connectivity index (χ2v) is 4.13. The molecule has 18 heavy (non-hydrogen) atoms. The third-order valence-electron chi connectivity index (χ3n) is 3.07. The Morgan fingerprint density at radius 1 is 1.56 bits per heavy atom. The van der Waals surface area contributed by atoms with Gasteiger partial charge in [-0.2, -0.15) is 0 Å². The van der Waals surface area contributed by atoms with Crippen molar-refractivity contribution in [1.82, 2.24) is 0 Å². The molecule has 0 radical (unpaired) electrons. The number of esters is 1. The number of nitrogens with zero attached hydrogens (tertiary/aromatic N) is 2. The van der Waals surface area contributed by atoms with Crippen molar-refractivity contribution in [2.75, 3.05) is 23.9 Å². The fourth-order valence-electron chi connectivity index (χ4n) is 2.21. The second kappa shape index (κ2) is 4.18. The predicted molar refractivity (Wildman–Crippen MR) is 70.3 cm³/mol. The maximum absolute atomic E-state index is 11.4. The molecule has 2 aliphatic rings. The second-order valence-electron chi connectivity index (χ2n) is 4.13. The van der Waals surface area contributed by atoms with Gasteiger partial charge in [-0.15, -0.1) is 0 Å². The van der Waals surface area contributed by atoms with Gasteiger partial charge in [0.05, 0.1) is 37.1 Å². The molecule has 3 rings (SSSR count). The first-order valence-corrected chi connectivity index (χ1v) is 5.75. The van der Waals surface area contributed by atoms with Crippen molar-refractivity contribution in [3.8, 4) is 0 Å². The smallest absolute Gasteiger partial charge is 0.311 e. The molecule has 0 fully saturated rings. The minimum absolute atomic E-state index is 0.244. The predicted octanol–water partition coefficient (Wildman–Crippen LogP) is 2.04. The number of ether oxygens (including phenoxy) is 1. The molecule has 2 aliphatic heterocycles. The van der Waals surface area contributed by atoms with E-state index in [-0.39, 0.29) is 12.4 Å². The Balaban J connectivity index is 1.98. The van der Waals surface area contributed by atoms with Gasteiger partial charge < -0.3 is 15.0 Å². The number of hydrogen-bond donors (Lipinski definition) is 1. The van der Waals surface area contributed by atoms with Gasteiger partial charge in [-0.25, -0.2) is 0 Å². The van der Waals surface area contributed by atoms with E-state index in [1.807, 2.05) is 30.6 Å². The van der Waals surface area contributed by atoms with Crippen LogP contribution in [0.15, 0.2) is 35.1 Å². The van der Waals surface area contributed by atoms with Crippen LogP contribution in [0, 0.1) is 0 Å². The third-order valence-corrected chi connectivity index (χ3v) is 3.07. The number of carbonyl (C=O) groups is 1. The summed E-state index contributed by atoms with van der Waals surface area (Å²) >= 11 is 0. The van der Waals surface area contributed by atoms with Gasteiger partial charge in [0.15, 0.2) is 0 Å². The summed E-state index contributed by atoms with van der Waals surface area (Å²) in [7, 11) is 1.40. The topological polar surface area (TPSA) is 53.9 Å². The Kier molecular flexibility index (Phi) is 2.51. The summed E-state index contributed by atoms with van der Waals surface area (Å²) in [6.45, 7) is 0.675. The summed E-state index contributed by atoms with van der Waals surface area (Å²) in [6.07, 6.45) is 3.95. The normalized spacial score (nSPS) is 15.6. The average molecular weight is 243 g/mol. The number of methoxy groups -OCH3 is 1. The quantitative estimate of drug-likeness (QED) is 0.807. The highest BCUT2D eigenvalue weighted by Crippen LogP contribution is 2.42. The molecule has 0 saturated carbocycles. The average Bonchev–Trinajstić information content (AvgIpc) is 2.42. The zero-order valence-electron chi connectivity index (χ0n) is 10.0. The fraction of sp³-hybridized carbons (Fsp3) is 0.231. The van der Waals surface area contributed by atoms with E-state index in [0.717, 1.165) is 22.8 Å². The Bertz CT molecular complexity index is 563. The van der Waals surface area contributed by atoms with Crippen LogP contribution in [0.4, 0.5) is 17.1 Å².